The summed E-state index contributed by atoms with van der Waals surface area (Å²) in [4.78, 5) is 0. The van der Waals surface area contributed by atoms with Crippen LogP contribution in [-0.2, 0) is 23.1 Å². The number of hydrogen-bond donors (Lipinski definition) is 1. The molecule has 3 nitrogen and oxygen atoms in total. The lowest BCUT2D eigenvalue weighted by Crippen LogP contribution is -2.10. The molecular formula is C10H17NO2S. The van der Waals surface area contributed by atoms with Crippen LogP contribution in [0.3, 0.4) is 0 Å². The molecule has 1 atom stereocenters. The summed E-state index contributed by atoms with van der Waals surface area (Å²) in [6, 6.07) is 3.84. The molecular weight excluding hydrogens is 198 g/mol. The van der Waals surface area contributed by atoms with Gasteiger partial charge in [0, 0.05) is 16.6 Å². The van der Waals surface area contributed by atoms with Crippen LogP contribution in [0.2, 0.25) is 0 Å². The molecule has 0 fully saturated rings. The molecule has 14 heavy (non-hydrogen) atoms. The van der Waals surface area contributed by atoms with E-state index in [2.05, 4.69) is 12.2 Å². The molecule has 0 bridgehead atoms. The zero-order chi connectivity index (χ0) is 10.4. The summed E-state index contributed by atoms with van der Waals surface area (Å²) < 4.78 is 16.7. The van der Waals surface area contributed by atoms with Gasteiger partial charge in [-0.05, 0) is 18.7 Å². The molecule has 1 N–H and O–H groups in total. The molecule has 80 valence electrons. The maximum atomic E-state index is 11.2. The van der Waals surface area contributed by atoms with Crippen molar-refractivity contribution in [3.05, 3.63) is 23.7 Å². The fourth-order valence-corrected chi connectivity index (χ4v) is 1.78. The van der Waals surface area contributed by atoms with Crippen molar-refractivity contribution in [1.29, 1.82) is 0 Å². The van der Waals surface area contributed by atoms with Crippen LogP contribution < -0.4 is 5.32 Å². The van der Waals surface area contributed by atoms with Gasteiger partial charge in [-0.2, -0.15) is 0 Å². The van der Waals surface area contributed by atoms with E-state index in [1.165, 1.54) is 0 Å². The van der Waals surface area contributed by atoms with Crippen LogP contribution in [0.5, 0.6) is 0 Å². The molecule has 0 radical (unpaired) electrons. The number of nitrogens with one attached hydrogen (secondary N) is 1. The number of hydrogen-bond acceptors (Lipinski definition) is 3. The van der Waals surface area contributed by atoms with Crippen LogP contribution in [0.25, 0.3) is 0 Å². The van der Waals surface area contributed by atoms with Gasteiger partial charge in [0.1, 0.15) is 11.5 Å². The molecule has 1 aromatic rings. The van der Waals surface area contributed by atoms with Gasteiger partial charge in [0.15, 0.2) is 0 Å². The average Bonchev–Trinajstić information content (AvgIpc) is 2.62. The van der Waals surface area contributed by atoms with Gasteiger partial charge < -0.3 is 9.73 Å². The lowest BCUT2D eigenvalue weighted by molar-refractivity contribution is 0.461. The average molecular weight is 215 g/mol. The summed E-state index contributed by atoms with van der Waals surface area (Å²) in [6.45, 7) is 5.64. The van der Waals surface area contributed by atoms with Crippen molar-refractivity contribution in [1.82, 2.24) is 5.32 Å². The quantitative estimate of drug-likeness (QED) is 0.784. The Balaban J connectivity index is 2.46. The van der Waals surface area contributed by atoms with Gasteiger partial charge in [0.05, 0.1) is 12.3 Å². The standard InChI is InChI=1S/C10H17NO2S/c1-3-11-7-9-5-6-10(13-9)8-14(12)4-2/h5-6,11H,3-4,7-8H2,1-2H3. The fraction of sp³-hybridized carbons (Fsp3) is 0.600. The molecule has 0 aliphatic rings. The summed E-state index contributed by atoms with van der Waals surface area (Å²) in [7, 11) is -0.785. The molecule has 0 aliphatic heterocycles. The van der Waals surface area contributed by atoms with Crippen molar-refractivity contribution < 1.29 is 8.63 Å². The third-order valence-electron chi connectivity index (χ3n) is 1.89. The highest BCUT2D eigenvalue weighted by Crippen LogP contribution is 2.09. The van der Waals surface area contributed by atoms with Gasteiger partial charge in [-0.25, -0.2) is 0 Å². The highest BCUT2D eigenvalue weighted by Gasteiger charge is 2.04. The monoisotopic (exact) mass is 215 g/mol. The molecule has 0 saturated heterocycles. The summed E-state index contributed by atoms with van der Waals surface area (Å²) in [5.41, 5.74) is 0. The maximum Gasteiger partial charge on any atom is 0.118 e. The summed E-state index contributed by atoms with van der Waals surface area (Å²) >= 11 is 0. The van der Waals surface area contributed by atoms with E-state index in [0.29, 0.717) is 11.5 Å². The Morgan fingerprint density at radius 2 is 2.07 bits per heavy atom. The fourth-order valence-electron chi connectivity index (χ4n) is 1.10. The predicted molar refractivity (Wildman–Crippen MR) is 58.5 cm³/mol. The zero-order valence-electron chi connectivity index (χ0n) is 8.71. The lowest BCUT2D eigenvalue weighted by atomic mass is 10.4. The highest BCUT2D eigenvalue weighted by molar-refractivity contribution is 7.84. The molecule has 1 aromatic heterocycles. The number of rotatable bonds is 6. The third-order valence-corrected chi connectivity index (χ3v) is 3.14. The minimum Gasteiger partial charge on any atom is -0.464 e. The Labute approximate surface area is 87.3 Å². The molecule has 1 unspecified atom stereocenters. The van der Waals surface area contributed by atoms with Crippen LogP contribution in [0, 0.1) is 0 Å². The minimum absolute atomic E-state index is 0.530. The molecule has 0 amide bonds. The Bertz CT molecular complexity index is 296. The maximum absolute atomic E-state index is 11.2. The van der Waals surface area contributed by atoms with Gasteiger partial charge in [-0.15, -0.1) is 0 Å². The van der Waals surface area contributed by atoms with E-state index in [4.69, 9.17) is 4.42 Å². The van der Waals surface area contributed by atoms with Crippen molar-refractivity contribution in [2.75, 3.05) is 12.3 Å². The highest BCUT2D eigenvalue weighted by atomic mass is 32.2. The van der Waals surface area contributed by atoms with Crippen LogP contribution in [0.1, 0.15) is 25.4 Å². The van der Waals surface area contributed by atoms with Gasteiger partial charge in [0.2, 0.25) is 0 Å². The number of furan rings is 1. The summed E-state index contributed by atoms with van der Waals surface area (Å²) in [6.07, 6.45) is 0. The summed E-state index contributed by atoms with van der Waals surface area (Å²) in [5, 5.41) is 3.18. The van der Waals surface area contributed by atoms with Crippen molar-refractivity contribution in [3.8, 4) is 0 Å². The van der Waals surface area contributed by atoms with E-state index in [9.17, 15) is 4.21 Å². The van der Waals surface area contributed by atoms with Gasteiger partial charge >= 0.3 is 0 Å². The second-order valence-electron chi connectivity index (χ2n) is 3.02. The second kappa shape index (κ2) is 5.98. The van der Waals surface area contributed by atoms with Gasteiger partial charge in [-0.1, -0.05) is 13.8 Å². The molecule has 0 spiro atoms. The van der Waals surface area contributed by atoms with Crippen molar-refractivity contribution in [2.45, 2.75) is 26.1 Å². The molecule has 0 saturated carbocycles. The molecule has 1 heterocycles. The zero-order valence-corrected chi connectivity index (χ0v) is 9.52. The topological polar surface area (TPSA) is 42.2 Å². The van der Waals surface area contributed by atoms with E-state index in [0.717, 1.165) is 24.6 Å². The first-order valence-corrected chi connectivity index (χ1v) is 6.38. The molecule has 0 aliphatic carbocycles. The third kappa shape index (κ3) is 3.64. The predicted octanol–water partition coefficient (Wildman–Crippen LogP) is 1.66. The van der Waals surface area contributed by atoms with E-state index in [-0.39, 0.29) is 0 Å². The Morgan fingerprint density at radius 1 is 1.36 bits per heavy atom. The molecule has 1 rings (SSSR count). The normalized spacial score (nSPS) is 13.0. The Morgan fingerprint density at radius 3 is 2.71 bits per heavy atom. The van der Waals surface area contributed by atoms with Crippen LogP contribution in [0.15, 0.2) is 16.5 Å². The first kappa shape index (κ1) is 11.5. The Kier molecular flexibility index (Phi) is 4.90. The van der Waals surface area contributed by atoms with Gasteiger partial charge in [0.25, 0.3) is 0 Å². The molecule has 4 heteroatoms. The van der Waals surface area contributed by atoms with Crippen LogP contribution in [-0.4, -0.2) is 16.5 Å². The van der Waals surface area contributed by atoms with E-state index in [1.807, 2.05) is 19.1 Å². The Hall–Kier alpha value is -0.610. The van der Waals surface area contributed by atoms with Crippen LogP contribution >= 0.6 is 0 Å². The SMILES string of the molecule is CCNCc1ccc(CS(=O)CC)o1. The van der Waals surface area contributed by atoms with E-state index < -0.39 is 10.8 Å². The minimum atomic E-state index is -0.785. The van der Waals surface area contributed by atoms with E-state index >= 15 is 0 Å². The van der Waals surface area contributed by atoms with Crippen molar-refractivity contribution in [2.24, 2.45) is 0 Å². The largest absolute Gasteiger partial charge is 0.464 e. The second-order valence-corrected chi connectivity index (χ2v) is 4.77. The van der Waals surface area contributed by atoms with Crippen molar-refractivity contribution >= 4 is 10.8 Å². The molecule has 0 aromatic carbocycles. The van der Waals surface area contributed by atoms with Crippen molar-refractivity contribution in [3.63, 3.8) is 0 Å². The first-order chi connectivity index (χ1) is 6.76. The summed E-state index contributed by atoms with van der Waals surface area (Å²) in [5.74, 6) is 2.94. The smallest absolute Gasteiger partial charge is 0.118 e. The lowest BCUT2D eigenvalue weighted by Gasteiger charge is -1.97. The van der Waals surface area contributed by atoms with Gasteiger partial charge in [-0.3, -0.25) is 4.21 Å². The first-order valence-electron chi connectivity index (χ1n) is 4.89. The van der Waals surface area contributed by atoms with E-state index in [1.54, 1.807) is 0 Å². The van der Waals surface area contributed by atoms with Crippen LogP contribution in [0.4, 0.5) is 0 Å².